The quantitative estimate of drug-likeness (QED) is 0.108. The van der Waals surface area contributed by atoms with Crippen molar-refractivity contribution >= 4 is 71.7 Å². The maximum Gasteiger partial charge on any atom is 0.161 e. The van der Waals surface area contributed by atoms with Crippen molar-refractivity contribution in [1.82, 2.24) is 4.57 Å². The van der Waals surface area contributed by atoms with Gasteiger partial charge in [0.2, 0.25) is 0 Å². The van der Waals surface area contributed by atoms with Crippen LogP contribution in [-0.4, -0.2) is 23.0 Å². The fraction of sp³-hybridized carbons (Fsp3) is 0.0172. The summed E-state index contributed by atoms with van der Waals surface area (Å²) >= 11 is 1.88. The Morgan fingerprint density at radius 1 is 0.460 bits per heavy atom. The van der Waals surface area contributed by atoms with Gasteiger partial charge in [-0.15, -0.1) is 11.3 Å². The zero-order valence-electron chi connectivity index (χ0n) is 34.4. The molecule has 2 heterocycles. The summed E-state index contributed by atoms with van der Waals surface area (Å²) in [5, 5.41) is 5.00. The number of amidine groups is 2. The maximum absolute atomic E-state index is 5.04. The van der Waals surface area contributed by atoms with Crippen molar-refractivity contribution in [1.29, 1.82) is 0 Å². The Hall–Kier alpha value is -7.99. The van der Waals surface area contributed by atoms with Gasteiger partial charge < -0.3 is 4.57 Å². The average molecular weight is 825 g/mol. The molecule has 0 unspecified atom stereocenters. The molecule has 0 amide bonds. The van der Waals surface area contributed by atoms with E-state index >= 15 is 0 Å². The summed E-state index contributed by atoms with van der Waals surface area (Å²) in [5.41, 5.74) is 13.4. The van der Waals surface area contributed by atoms with Crippen LogP contribution in [0.5, 0.6) is 0 Å². The minimum atomic E-state index is 0.503. The van der Waals surface area contributed by atoms with Crippen LogP contribution in [0.2, 0.25) is 0 Å². The van der Waals surface area contributed by atoms with Crippen LogP contribution >= 0.6 is 11.3 Å². The van der Waals surface area contributed by atoms with E-state index in [1.165, 1.54) is 64.3 Å². The summed E-state index contributed by atoms with van der Waals surface area (Å²) < 4.78 is 4.98. The van der Waals surface area contributed by atoms with Gasteiger partial charge in [0.15, 0.2) is 11.7 Å². The molecule has 298 valence electrons. The Kier molecular flexibility index (Phi) is 9.92. The van der Waals surface area contributed by atoms with E-state index in [0.717, 1.165) is 33.4 Å². The largest absolute Gasteiger partial charge is 0.309 e. The first-order chi connectivity index (χ1) is 31.2. The lowest BCUT2D eigenvalue weighted by molar-refractivity contribution is 1.06. The Morgan fingerprint density at radius 3 is 1.65 bits per heavy atom. The monoisotopic (exact) mass is 824 g/mol. The molecule has 2 aromatic heterocycles. The van der Waals surface area contributed by atoms with E-state index in [1.807, 2.05) is 59.9 Å². The maximum atomic E-state index is 5.04. The van der Waals surface area contributed by atoms with Crippen molar-refractivity contribution in [2.45, 2.75) is 6.54 Å². The molecular formula is C58H40N4S. The van der Waals surface area contributed by atoms with Gasteiger partial charge in [-0.1, -0.05) is 164 Å². The molecule has 11 rings (SSSR count). The van der Waals surface area contributed by atoms with Crippen molar-refractivity contribution in [2.24, 2.45) is 15.0 Å². The normalized spacial score (nSPS) is 12.1. The van der Waals surface area contributed by atoms with Gasteiger partial charge in [-0.05, 0) is 94.7 Å². The number of thiophene rings is 1. The highest BCUT2D eigenvalue weighted by Crippen LogP contribution is 2.49. The SMILES string of the molecule is C=NC(=NC(=NCc1ccccc1)c1ccccc1)c1ccc(-n2c3ccc(-c4ccccc4)cc3c3c4c(sc5ccc(-c6ccccc6)cc54)c(-c4ccccc4)cc32)cc1. The van der Waals surface area contributed by atoms with Crippen molar-refractivity contribution in [2.75, 3.05) is 0 Å². The number of nitrogens with zero attached hydrogens (tertiary/aromatic N) is 4. The molecule has 63 heavy (non-hydrogen) atoms. The van der Waals surface area contributed by atoms with Gasteiger partial charge in [-0.2, -0.15) is 0 Å². The molecule has 0 N–H and O–H groups in total. The summed E-state index contributed by atoms with van der Waals surface area (Å²) in [4.78, 5) is 14.5. The van der Waals surface area contributed by atoms with Gasteiger partial charge in [-0.25, -0.2) is 9.98 Å². The molecule has 0 spiro atoms. The summed E-state index contributed by atoms with van der Waals surface area (Å²) in [7, 11) is 0. The molecule has 0 aliphatic carbocycles. The van der Waals surface area contributed by atoms with Crippen LogP contribution in [-0.2, 0) is 6.54 Å². The van der Waals surface area contributed by atoms with E-state index in [0.29, 0.717) is 18.2 Å². The van der Waals surface area contributed by atoms with Gasteiger partial charge in [0, 0.05) is 53.3 Å². The van der Waals surface area contributed by atoms with Crippen molar-refractivity contribution < 1.29 is 0 Å². The molecule has 0 fully saturated rings. The summed E-state index contributed by atoms with van der Waals surface area (Å²) in [5.74, 6) is 1.12. The van der Waals surface area contributed by atoms with Crippen LogP contribution in [0.3, 0.4) is 0 Å². The van der Waals surface area contributed by atoms with Crippen LogP contribution in [0.4, 0.5) is 0 Å². The van der Waals surface area contributed by atoms with E-state index in [4.69, 9.17) is 9.98 Å². The topological polar surface area (TPSA) is 42.0 Å². The molecular weight excluding hydrogens is 785 g/mol. The third-order valence-electron chi connectivity index (χ3n) is 11.8. The van der Waals surface area contributed by atoms with Gasteiger partial charge in [-0.3, -0.25) is 4.99 Å². The Bertz CT molecular complexity index is 3500. The standard InChI is InChI=1S/C58H40N4S/c1-59-57(61-58(43-25-15-6-16-26-43)60-38-39-17-7-2-8-18-39)44-27-31-47(32-28-44)62-51-33-29-45(40-19-9-3-10-20-40)35-49(51)54-52(62)37-48(42-23-13-5-14-24-42)56-55(54)50-36-46(30-34-53(50)63-56)41-21-11-4-12-22-41/h2-37H,1,38H2. The van der Waals surface area contributed by atoms with Crippen LogP contribution in [0.25, 0.3) is 81.0 Å². The van der Waals surface area contributed by atoms with E-state index in [2.05, 4.69) is 186 Å². The highest BCUT2D eigenvalue weighted by molar-refractivity contribution is 7.26. The Labute approximate surface area is 370 Å². The first kappa shape index (κ1) is 38.0. The first-order valence-electron chi connectivity index (χ1n) is 21.1. The van der Waals surface area contributed by atoms with Crippen LogP contribution in [0.15, 0.2) is 233 Å². The lowest BCUT2D eigenvalue weighted by Crippen LogP contribution is -2.06. The second kappa shape index (κ2) is 16.5. The van der Waals surface area contributed by atoms with Crippen LogP contribution in [0.1, 0.15) is 16.7 Å². The lowest BCUT2D eigenvalue weighted by atomic mass is 9.96. The molecule has 0 saturated carbocycles. The van der Waals surface area contributed by atoms with E-state index in [9.17, 15) is 0 Å². The molecule has 0 saturated heterocycles. The number of rotatable bonds is 8. The zero-order valence-corrected chi connectivity index (χ0v) is 35.2. The second-order valence-electron chi connectivity index (χ2n) is 15.6. The molecule has 11 aromatic rings. The molecule has 4 nitrogen and oxygen atoms in total. The summed E-state index contributed by atoms with van der Waals surface area (Å²) in [6.45, 7) is 4.47. The van der Waals surface area contributed by atoms with Crippen molar-refractivity contribution in [3.63, 3.8) is 0 Å². The van der Waals surface area contributed by atoms with Gasteiger partial charge in [0.25, 0.3) is 0 Å². The Morgan fingerprint density at radius 2 is 1.02 bits per heavy atom. The molecule has 9 aromatic carbocycles. The highest BCUT2D eigenvalue weighted by Gasteiger charge is 2.22. The second-order valence-corrected chi connectivity index (χ2v) is 16.7. The highest BCUT2D eigenvalue weighted by atomic mass is 32.1. The van der Waals surface area contributed by atoms with Gasteiger partial charge >= 0.3 is 0 Å². The van der Waals surface area contributed by atoms with Crippen molar-refractivity contribution in [3.05, 3.63) is 235 Å². The smallest absolute Gasteiger partial charge is 0.161 e. The minimum Gasteiger partial charge on any atom is -0.309 e. The number of hydrogen-bond donors (Lipinski definition) is 0. The third kappa shape index (κ3) is 7.14. The molecule has 0 radical (unpaired) electrons. The fourth-order valence-corrected chi connectivity index (χ4v) is 9.99. The molecule has 0 aliphatic rings. The van der Waals surface area contributed by atoms with E-state index in [-0.39, 0.29) is 0 Å². The predicted molar refractivity (Wildman–Crippen MR) is 269 cm³/mol. The number of hydrogen-bond acceptors (Lipinski definition) is 2. The van der Waals surface area contributed by atoms with E-state index < -0.39 is 0 Å². The molecule has 5 heteroatoms. The number of aromatic nitrogens is 1. The minimum absolute atomic E-state index is 0.503. The predicted octanol–water partition coefficient (Wildman–Crippen LogP) is 15.2. The molecule has 0 aliphatic heterocycles. The first-order valence-corrected chi connectivity index (χ1v) is 22.0. The number of benzene rings is 9. The summed E-state index contributed by atoms with van der Waals surface area (Å²) in [6.07, 6.45) is 0. The van der Waals surface area contributed by atoms with Gasteiger partial charge in [0.1, 0.15) is 0 Å². The van der Waals surface area contributed by atoms with Crippen molar-refractivity contribution in [3.8, 4) is 39.1 Å². The lowest BCUT2D eigenvalue weighted by Gasteiger charge is -2.12. The number of fused-ring (bicyclic) bond motifs is 7. The third-order valence-corrected chi connectivity index (χ3v) is 13.0. The van der Waals surface area contributed by atoms with Crippen LogP contribution < -0.4 is 0 Å². The van der Waals surface area contributed by atoms with Gasteiger partial charge in [0.05, 0.1) is 17.6 Å². The summed E-state index contributed by atoms with van der Waals surface area (Å²) in [6, 6.07) is 77.3. The van der Waals surface area contributed by atoms with Crippen LogP contribution in [0, 0.1) is 0 Å². The Balaban J connectivity index is 1.14. The fourth-order valence-electron chi connectivity index (χ4n) is 8.76. The number of aliphatic imine (C=N–C) groups is 3. The molecule has 0 atom stereocenters. The average Bonchev–Trinajstić information content (AvgIpc) is 3.90. The zero-order chi connectivity index (χ0) is 42.1. The molecule has 0 bridgehead atoms. The van der Waals surface area contributed by atoms with E-state index in [1.54, 1.807) is 0 Å².